The van der Waals surface area contributed by atoms with Crippen LogP contribution in [0.3, 0.4) is 0 Å². The van der Waals surface area contributed by atoms with Crippen LogP contribution in [0.25, 0.3) is 0 Å². The molecule has 0 bridgehead atoms. The van der Waals surface area contributed by atoms with Crippen LogP contribution in [0.1, 0.15) is 23.1 Å². The predicted molar refractivity (Wildman–Crippen MR) is 83.6 cm³/mol. The minimum atomic E-state index is 0.487. The molecule has 1 atom stereocenters. The van der Waals surface area contributed by atoms with Crippen LogP contribution in [0.5, 0.6) is 5.75 Å². The number of para-hydroxylation sites is 1. The minimum absolute atomic E-state index is 0.487. The highest BCUT2D eigenvalue weighted by atomic mass is 16.5. The van der Waals surface area contributed by atoms with Crippen molar-refractivity contribution in [2.24, 2.45) is 0 Å². The van der Waals surface area contributed by atoms with Gasteiger partial charge in [0.25, 0.3) is 0 Å². The number of benzene rings is 2. The van der Waals surface area contributed by atoms with E-state index in [1.165, 1.54) is 28.8 Å². The highest BCUT2D eigenvalue weighted by molar-refractivity contribution is 5.54. The van der Waals surface area contributed by atoms with Crippen molar-refractivity contribution in [1.29, 1.82) is 0 Å². The fourth-order valence-electron chi connectivity index (χ4n) is 2.99. The molecule has 1 unspecified atom stereocenters. The Morgan fingerprint density at radius 3 is 2.90 bits per heavy atom. The SMILES string of the molecule is COc1ccc(C)cc1CC1CCc2ccccc2N1. The largest absolute Gasteiger partial charge is 0.496 e. The standard InChI is InChI=1S/C18H21NO/c1-13-7-10-18(20-2)15(11-13)12-16-9-8-14-5-3-4-6-17(14)19-16/h3-7,10-11,16,19H,8-9,12H2,1-2H3. The number of fused-ring (bicyclic) bond motifs is 1. The highest BCUT2D eigenvalue weighted by Gasteiger charge is 2.18. The van der Waals surface area contributed by atoms with Crippen molar-refractivity contribution in [3.05, 3.63) is 59.2 Å². The molecule has 1 aliphatic heterocycles. The van der Waals surface area contributed by atoms with Gasteiger partial charge in [0.2, 0.25) is 0 Å². The van der Waals surface area contributed by atoms with Gasteiger partial charge in [-0.25, -0.2) is 0 Å². The van der Waals surface area contributed by atoms with Gasteiger partial charge >= 0.3 is 0 Å². The van der Waals surface area contributed by atoms with E-state index in [0.717, 1.165) is 18.6 Å². The Bertz CT molecular complexity index is 606. The summed E-state index contributed by atoms with van der Waals surface area (Å²) in [6, 6.07) is 15.5. The molecule has 2 aromatic rings. The average molecular weight is 267 g/mol. The lowest BCUT2D eigenvalue weighted by Crippen LogP contribution is -2.27. The molecule has 1 heterocycles. The first-order valence-corrected chi connectivity index (χ1v) is 7.24. The molecule has 20 heavy (non-hydrogen) atoms. The summed E-state index contributed by atoms with van der Waals surface area (Å²) in [5.41, 5.74) is 5.30. The number of methoxy groups -OCH3 is 1. The van der Waals surface area contributed by atoms with Crippen LogP contribution < -0.4 is 10.1 Å². The summed E-state index contributed by atoms with van der Waals surface area (Å²) in [6.45, 7) is 2.13. The second-order valence-corrected chi connectivity index (χ2v) is 5.56. The smallest absolute Gasteiger partial charge is 0.122 e. The van der Waals surface area contributed by atoms with Gasteiger partial charge in [0.15, 0.2) is 0 Å². The van der Waals surface area contributed by atoms with Gasteiger partial charge in [0.05, 0.1) is 7.11 Å². The molecule has 0 aromatic heterocycles. The maximum atomic E-state index is 5.48. The lowest BCUT2D eigenvalue weighted by atomic mass is 9.93. The molecule has 3 rings (SSSR count). The van der Waals surface area contributed by atoms with Crippen molar-refractivity contribution in [1.82, 2.24) is 0 Å². The summed E-state index contributed by atoms with van der Waals surface area (Å²) in [5.74, 6) is 0.997. The highest BCUT2D eigenvalue weighted by Crippen LogP contribution is 2.28. The van der Waals surface area contributed by atoms with Gasteiger partial charge in [-0.1, -0.05) is 35.9 Å². The number of ether oxygens (including phenoxy) is 1. The first-order valence-electron chi connectivity index (χ1n) is 7.24. The van der Waals surface area contributed by atoms with E-state index < -0.39 is 0 Å². The van der Waals surface area contributed by atoms with E-state index in [0.29, 0.717) is 6.04 Å². The lowest BCUT2D eigenvalue weighted by Gasteiger charge is -2.27. The second kappa shape index (κ2) is 5.58. The summed E-state index contributed by atoms with van der Waals surface area (Å²) in [4.78, 5) is 0. The van der Waals surface area contributed by atoms with Crippen molar-refractivity contribution in [3.8, 4) is 5.75 Å². The Balaban J connectivity index is 1.78. The van der Waals surface area contributed by atoms with Crippen molar-refractivity contribution in [2.75, 3.05) is 12.4 Å². The summed E-state index contributed by atoms with van der Waals surface area (Å²) < 4.78 is 5.48. The first kappa shape index (κ1) is 13.0. The van der Waals surface area contributed by atoms with Gasteiger partial charge in [-0.15, -0.1) is 0 Å². The average Bonchev–Trinajstić information content (AvgIpc) is 2.47. The number of hydrogen-bond acceptors (Lipinski definition) is 2. The molecule has 0 saturated heterocycles. The van der Waals surface area contributed by atoms with Crippen LogP contribution in [-0.4, -0.2) is 13.2 Å². The lowest BCUT2D eigenvalue weighted by molar-refractivity contribution is 0.407. The predicted octanol–water partition coefficient (Wildman–Crippen LogP) is 3.97. The Hall–Kier alpha value is -1.96. The number of anilines is 1. The van der Waals surface area contributed by atoms with E-state index >= 15 is 0 Å². The fraction of sp³-hybridized carbons (Fsp3) is 0.333. The quantitative estimate of drug-likeness (QED) is 0.908. The molecule has 0 fully saturated rings. The monoisotopic (exact) mass is 267 g/mol. The van der Waals surface area contributed by atoms with Crippen molar-refractivity contribution in [3.63, 3.8) is 0 Å². The molecule has 2 heteroatoms. The molecule has 1 N–H and O–H groups in total. The summed E-state index contributed by atoms with van der Waals surface area (Å²) in [7, 11) is 1.75. The number of rotatable bonds is 3. The Kier molecular flexibility index (Phi) is 3.64. The number of hydrogen-bond donors (Lipinski definition) is 1. The molecule has 1 aliphatic rings. The third kappa shape index (κ3) is 2.64. The van der Waals surface area contributed by atoms with Crippen molar-refractivity contribution in [2.45, 2.75) is 32.2 Å². The second-order valence-electron chi connectivity index (χ2n) is 5.56. The Morgan fingerprint density at radius 1 is 1.20 bits per heavy atom. The van der Waals surface area contributed by atoms with Crippen LogP contribution in [0.15, 0.2) is 42.5 Å². The van der Waals surface area contributed by atoms with Crippen LogP contribution in [0, 0.1) is 6.92 Å². The van der Waals surface area contributed by atoms with Crippen LogP contribution in [0.4, 0.5) is 5.69 Å². The van der Waals surface area contributed by atoms with Gasteiger partial charge in [0.1, 0.15) is 5.75 Å². The van der Waals surface area contributed by atoms with Crippen LogP contribution >= 0.6 is 0 Å². The molecular formula is C18H21NO. The Morgan fingerprint density at radius 2 is 2.05 bits per heavy atom. The van der Waals surface area contributed by atoms with E-state index in [4.69, 9.17) is 4.74 Å². The van der Waals surface area contributed by atoms with Crippen molar-refractivity contribution < 1.29 is 4.74 Å². The minimum Gasteiger partial charge on any atom is -0.496 e. The molecule has 0 spiro atoms. The number of nitrogens with one attached hydrogen (secondary N) is 1. The number of aryl methyl sites for hydroxylation is 2. The third-order valence-electron chi connectivity index (χ3n) is 4.04. The molecule has 0 amide bonds. The molecule has 0 radical (unpaired) electrons. The molecule has 104 valence electrons. The zero-order chi connectivity index (χ0) is 13.9. The topological polar surface area (TPSA) is 21.3 Å². The molecular weight excluding hydrogens is 246 g/mol. The maximum absolute atomic E-state index is 5.48. The Labute approximate surface area is 120 Å². The fourth-order valence-corrected chi connectivity index (χ4v) is 2.99. The van der Waals surface area contributed by atoms with Gasteiger partial charge in [0, 0.05) is 11.7 Å². The third-order valence-corrected chi connectivity index (χ3v) is 4.04. The van der Waals surface area contributed by atoms with E-state index in [2.05, 4.69) is 54.7 Å². The first-order chi connectivity index (χ1) is 9.76. The van der Waals surface area contributed by atoms with E-state index in [-0.39, 0.29) is 0 Å². The van der Waals surface area contributed by atoms with Gasteiger partial charge in [-0.3, -0.25) is 0 Å². The molecule has 2 aromatic carbocycles. The van der Waals surface area contributed by atoms with E-state index in [9.17, 15) is 0 Å². The van der Waals surface area contributed by atoms with Crippen LogP contribution in [-0.2, 0) is 12.8 Å². The van der Waals surface area contributed by atoms with Crippen molar-refractivity contribution >= 4 is 5.69 Å². The van der Waals surface area contributed by atoms with Gasteiger partial charge in [-0.2, -0.15) is 0 Å². The zero-order valence-corrected chi connectivity index (χ0v) is 12.1. The van der Waals surface area contributed by atoms with E-state index in [1.807, 2.05) is 0 Å². The van der Waals surface area contributed by atoms with Gasteiger partial charge < -0.3 is 10.1 Å². The normalized spacial score (nSPS) is 17.2. The maximum Gasteiger partial charge on any atom is 0.122 e. The molecule has 0 saturated carbocycles. The summed E-state index contributed by atoms with van der Waals surface area (Å²) >= 11 is 0. The van der Waals surface area contributed by atoms with Crippen LogP contribution in [0.2, 0.25) is 0 Å². The summed E-state index contributed by atoms with van der Waals surface area (Å²) in [5, 5.41) is 3.66. The van der Waals surface area contributed by atoms with Gasteiger partial charge in [-0.05, 0) is 49.4 Å². The van der Waals surface area contributed by atoms with E-state index in [1.54, 1.807) is 7.11 Å². The summed E-state index contributed by atoms with van der Waals surface area (Å²) in [6.07, 6.45) is 3.34. The molecule has 0 aliphatic carbocycles. The molecule has 2 nitrogen and oxygen atoms in total. The zero-order valence-electron chi connectivity index (χ0n) is 12.1.